The van der Waals surface area contributed by atoms with E-state index < -0.39 is 5.63 Å². The Balaban J connectivity index is 1.56. The highest BCUT2D eigenvalue weighted by Gasteiger charge is 2.09. The van der Waals surface area contributed by atoms with E-state index >= 15 is 0 Å². The SMILES string of the molecule is C/C(=N/Nc1nc(-c2ccc(C#N)cc2)cs1)c1cc2ccccc2oc1=O. The summed E-state index contributed by atoms with van der Waals surface area (Å²) in [6, 6.07) is 18.4. The summed E-state index contributed by atoms with van der Waals surface area (Å²) in [7, 11) is 0. The normalized spacial score (nSPS) is 11.4. The Morgan fingerprint density at radius 1 is 1.21 bits per heavy atom. The fourth-order valence-corrected chi connectivity index (χ4v) is 3.34. The van der Waals surface area contributed by atoms with Gasteiger partial charge >= 0.3 is 5.63 Å². The van der Waals surface area contributed by atoms with Crippen molar-refractivity contribution in [1.82, 2.24) is 4.98 Å². The first kappa shape index (κ1) is 17.6. The van der Waals surface area contributed by atoms with Gasteiger partial charge < -0.3 is 4.42 Å². The monoisotopic (exact) mass is 386 g/mol. The zero-order chi connectivity index (χ0) is 19.5. The van der Waals surface area contributed by atoms with Gasteiger partial charge in [-0.2, -0.15) is 10.4 Å². The molecule has 1 N–H and O–H groups in total. The van der Waals surface area contributed by atoms with Crippen LogP contribution < -0.4 is 11.1 Å². The average Bonchev–Trinajstić information content (AvgIpc) is 3.20. The van der Waals surface area contributed by atoms with Gasteiger partial charge in [0.15, 0.2) is 0 Å². The molecular formula is C21H14N4O2S. The molecule has 136 valence electrons. The minimum absolute atomic E-state index is 0.398. The molecule has 4 rings (SSSR count). The predicted molar refractivity (Wildman–Crippen MR) is 111 cm³/mol. The van der Waals surface area contributed by atoms with Crippen LogP contribution in [0.4, 0.5) is 5.13 Å². The van der Waals surface area contributed by atoms with Gasteiger partial charge in [0, 0.05) is 16.3 Å². The Morgan fingerprint density at radius 2 is 2.00 bits per heavy atom. The van der Waals surface area contributed by atoms with E-state index in [4.69, 9.17) is 9.68 Å². The van der Waals surface area contributed by atoms with Crippen LogP contribution in [0.5, 0.6) is 0 Å². The number of fused-ring (bicyclic) bond motifs is 1. The van der Waals surface area contributed by atoms with Gasteiger partial charge in [-0.3, -0.25) is 5.43 Å². The third kappa shape index (κ3) is 3.54. The number of hydrogen-bond donors (Lipinski definition) is 1. The van der Waals surface area contributed by atoms with Gasteiger partial charge in [0.2, 0.25) is 5.13 Å². The number of thiazole rings is 1. The summed E-state index contributed by atoms with van der Waals surface area (Å²) >= 11 is 1.40. The summed E-state index contributed by atoms with van der Waals surface area (Å²) in [6.07, 6.45) is 0. The third-order valence-electron chi connectivity index (χ3n) is 4.16. The van der Waals surface area contributed by atoms with Gasteiger partial charge in [0.05, 0.1) is 28.6 Å². The van der Waals surface area contributed by atoms with E-state index in [1.54, 1.807) is 31.2 Å². The zero-order valence-corrected chi connectivity index (χ0v) is 15.7. The lowest BCUT2D eigenvalue weighted by Crippen LogP contribution is -2.13. The molecule has 2 aromatic carbocycles. The Morgan fingerprint density at radius 3 is 2.79 bits per heavy atom. The van der Waals surface area contributed by atoms with Crippen molar-refractivity contribution in [3.8, 4) is 17.3 Å². The molecule has 2 heterocycles. The van der Waals surface area contributed by atoms with Gasteiger partial charge in [-0.05, 0) is 31.2 Å². The lowest BCUT2D eigenvalue weighted by atomic mass is 10.1. The fraction of sp³-hybridized carbons (Fsp3) is 0.0476. The first-order valence-corrected chi connectivity index (χ1v) is 9.31. The van der Waals surface area contributed by atoms with Crippen LogP contribution in [0.2, 0.25) is 0 Å². The summed E-state index contributed by atoms with van der Waals surface area (Å²) in [5.41, 5.74) is 6.22. The van der Waals surface area contributed by atoms with E-state index in [9.17, 15) is 4.79 Å². The maximum Gasteiger partial charge on any atom is 0.345 e. The van der Waals surface area contributed by atoms with E-state index in [1.165, 1.54) is 11.3 Å². The molecule has 0 spiro atoms. The Bertz CT molecular complexity index is 1280. The molecule has 0 bridgehead atoms. The van der Waals surface area contributed by atoms with Crippen molar-refractivity contribution in [3.05, 3.63) is 81.5 Å². The van der Waals surface area contributed by atoms with Crippen molar-refractivity contribution in [2.75, 3.05) is 5.43 Å². The standard InChI is InChI=1S/C21H14N4O2S/c1-13(17-10-16-4-2-3-5-19(16)27-20(17)26)24-25-21-23-18(12-28-21)15-8-6-14(11-22)7-9-15/h2-10,12H,1H3,(H,23,25)/b24-13-. The van der Waals surface area contributed by atoms with Crippen LogP contribution in [-0.2, 0) is 0 Å². The topological polar surface area (TPSA) is 91.3 Å². The Labute approximate surface area is 164 Å². The second-order valence-electron chi connectivity index (χ2n) is 6.02. The maximum atomic E-state index is 12.2. The summed E-state index contributed by atoms with van der Waals surface area (Å²) < 4.78 is 5.35. The van der Waals surface area contributed by atoms with E-state index in [1.807, 2.05) is 35.7 Å². The predicted octanol–water partition coefficient (Wildman–Crippen LogP) is 4.62. The Hall–Kier alpha value is -3.76. The van der Waals surface area contributed by atoms with Crippen molar-refractivity contribution in [2.45, 2.75) is 6.92 Å². The minimum Gasteiger partial charge on any atom is -0.422 e. The van der Waals surface area contributed by atoms with Crippen LogP contribution in [-0.4, -0.2) is 10.7 Å². The van der Waals surface area contributed by atoms with Gasteiger partial charge in [0.1, 0.15) is 5.58 Å². The molecule has 0 radical (unpaired) electrons. The quantitative estimate of drug-likeness (QED) is 0.314. The van der Waals surface area contributed by atoms with E-state index in [2.05, 4.69) is 21.6 Å². The molecule has 0 atom stereocenters. The molecule has 0 saturated heterocycles. The summed E-state index contributed by atoms with van der Waals surface area (Å²) in [5.74, 6) is 0. The highest BCUT2D eigenvalue weighted by molar-refractivity contribution is 7.14. The zero-order valence-electron chi connectivity index (χ0n) is 14.8. The molecule has 0 aliphatic heterocycles. The summed E-state index contributed by atoms with van der Waals surface area (Å²) in [5, 5.41) is 16.5. The second-order valence-corrected chi connectivity index (χ2v) is 6.88. The number of nitrogens with zero attached hydrogens (tertiary/aromatic N) is 3. The van der Waals surface area contributed by atoms with Crippen molar-refractivity contribution in [3.63, 3.8) is 0 Å². The molecule has 6 nitrogen and oxygen atoms in total. The molecule has 0 aliphatic carbocycles. The molecule has 0 unspecified atom stereocenters. The van der Waals surface area contributed by atoms with Crippen LogP contribution in [0, 0.1) is 11.3 Å². The van der Waals surface area contributed by atoms with Crippen molar-refractivity contribution >= 4 is 33.1 Å². The lowest BCUT2D eigenvalue weighted by Gasteiger charge is -2.02. The molecule has 28 heavy (non-hydrogen) atoms. The fourth-order valence-electron chi connectivity index (χ4n) is 2.68. The van der Waals surface area contributed by atoms with E-state index in [0.29, 0.717) is 27.6 Å². The van der Waals surface area contributed by atoms with Crippen LogP contribution in [0.1, 0.15) is 18.1 Å². The Kier molecular flexibility index (Phi) is 4.70. The molecular weight excluding hydrogens is 372 g/mol. The number of para-hydroxylation sites is 1. The molecule has 4 aromatic rings. The summed E-state index contributed by atoms with van der Waals surface area (Å²) in [4.78, 5) is 16.7. The van der Waals surface area contributed by atoms with Gasteiger partial charge in [-0.25, -0.2) is 9.78 Å². The number of nitriles is 1. The number of hydrogen-bond acceptors (Lipinski definition) is 7. The highest BCUT2D eigenvalue weighted by Crippen LogP contribution is 2.25. The van der Waals surface area contributed by atoms with E-state index in [-0.39, 0.29) is 0 Å². The molecule has 0 fully saturated rings. The first-order chi connectivity index (χ1) is 13.6. The van der Waals surface area contributed by atoms with Crippen LogP contribution >= 0.6 is 11.3 Å². The van der Waals surface area contributed by atoms with Gasteiger partial charge in [-0.1, -0.05) is 30.3 Å². The van der Waals surface area contributed by atoms with Crippen LogP contribution in [0.3, 0.4) is 0 Å². The minimum atomic E-state index is -0.431. The number of rotatable bonds is 4. The van der Waals surface area contributed by atoms with Crippen LogP contribution in [0.25, 0.3) is 22.2 Å². The maximum absolute atomic E-state index is 12.2. The number of benzene rings is 2. The van der Waals surface area contributed by atoms with E-state index in [0.717, 1.165) is 16.6 Å². The number of anilines is 1. The number of aromatic nitrogens is 1. The molecule has 0 aliphatic rings. The highest BCUT2D eigenvalue weighted by atomic mass is 32.1. The van der Waals surface area contributed by atoms with Crippen molar-refractivity contribution < 1.29 is 4.42 Å². The molecule has 2 aromatic heterocycles. The van der Waals surface area contributed by atoms with Crippen LogP contribution in [0.15, 0.2) is 74.3 Å². The smallest absolute Gasteiger partial charge is 0.345 e. The van der Waals surface area contributed by atoms with Crippen molar-refractivity contribution in [2.24, 2.45) is 5.10 Å². The lowest BCUT2D eigenvalue weighted by molar-refractivity contribution is 0.559. The number of hydrazone groups is 1. The number of nitrogens with one attached hydrogen (secondary N) is 1. The van der Waals surface area contributed by atoms with Gasteiger partial charge in [0.25, 0.3) is 0 Å². The molecule has 7 heteroatoms. The van der Waals surface area contributed by atoms with Gasteiger partial charge in [-0.15, -0.1) is 11.3 Å². The van der Waals surface area contributed by atoms with Crippen molar-refractivity contribution in [1.29, 1.82) is 5.26 Å². The second kappa shape index (κ2) is 7.47. The first-order valence-electron chi connectivity index (χ1n) is 8.43. The molecule has 0 saturated carbocycles. The average molecular weight is 386 g/mol. The largest absolute Gasteiger partial charge is 0.422 e. The third-order valence-corrected chi connectivity index (χ3v) is 4.91. The molecule has 0 amide bonds. The summed E-state index contributed by atoms with van der Waals surface area (Å²) in [6.45, 7) is 1.74.